The van der Waals surface area contributed by atoms with Gasteiger partial charge in [-0.1, -0.05) is 12.1 Å². The van der Waals surface area contributed by atoms with Crippen LogP contribution in [0.4, 0.5) is 17.3 Å². The van der Waals surface area contributed by atoms with Crippen molar-refractivity contribution in [1.82, 2.24) is 14.9 Å². The van der Waals surface area contributed by atoms with Crippen molar-refractivity contribution in [1.29, 1.82) is 0 Å². The van der Waals surface area contributed by atoms with Crippen LogP contribution in [-0.4, -0.2) is 65.5 Å². The van der Waals surface area contributed by atoms with Gasteiger partial charge in [0.2, 0.25) is 11.9 Å². The molecule has 1 aliphatic rings. The van der Waals surface area contributed by atoms with Crippen LogP contribution in [0.5, 0.6) is 5.75 Å². The molecule has 2 N–H and O–H groups in total. The van der Waals surface area contributed by atoms with Crippen molar-refractivity contribution in [3.05, 3.63) is 52.6 Å². The Morgan fingerprint density at radius 3 is 2.84 bits per heavy atom. The number of methoxy groups -OCH3 is 1. The van der Waals surface area contributed by atoms with Gasteiger partial charge in [-0.25, -0.2) is 4.98 Å². The number of anilines is 2. The summed E-state index contributed by atoms with van der Waals surface area (Å²) in [7, 11) is 1.44. The Bertz CT molecular complexity index is 1080. The minimum Gasteiger partial charge on any atom is -0.496 e. The third-order valence-corrected chi connectivity index (χ3v) is 5.60. The first-order valence-electron chi connectivity index (χ1n) is 10.6. The van der Waals surface area contributed by atoms with Gasteiger partial charge in [-0.3, -0.25) is 14.9 Å². The van der Waals surface area contributed by atoms with E-state index in [4.69, 9.17) is 4.74 Å². The third-order valence-electron chi connectivity index (χ3n) is 5.60. The van der Waals surface area contributed by atoms with Gasteiger partial charge in [0.15, 0.2) is 0 Å². The van der Waals surface area contributed by atoms with Crippen LogP contribution < -0.4 is 15.0 Å². The van der Waals surface area contributed by atoms with Crippen LogP contribution in [0.3, 0.4) is 0 Å². The van der Waals surface area contributed by atoms with E-state index in [1.54, 1.807) is 6.07 Å². The monoisotopic (exact) mass is 438 g/mol. The summed E-state index contributed by atoms with van der Waals surface area (Å²) in [5.74, 6) is 0.988. The van der Waals surface area contributed by atoms with Crippen LogP contribution in [0.25, 0.3) is 11.0 Å². The summed E-state index contributed by atoms with van der Waals surface area (Å²) >= 11 is 0. The van der Waals surface area contributed by atoms with E-state index in [2.05, 4.69) is 25.1 Å². The molecular formula is C22H26N6O4. The average Bonchev–Trinajstić information content (AvgIpc) is 3.09. The minimum atomic E-state index is -0.528. The number of aromatic nitrogens is 2. The number of para-hydroxylation sites is 2. The number of hydrogen-bond acceptors (Lipinski definition) is 7. The first-order valence-corrected chi connectivity index (χ1v) is 10.6. The minimum absolute atomic E-state index is 0.174. The summed E-state index contributed by atoms with van der Waals surface area (Å²) in [6, 6.07) is 12.4. The van der Waals surface area contributed by atoms with Gasteiger partial charge in [0.1, 0.15) is 11.4 Å². The van der Waals surface area contributed by atoms with Gasteiger partial charge < -0.3 is 24.8 Å². The lowest BCUT2D eigenvalue weighted by Gasteiger charge is -2.21. The van der Waals surface area contributed by atoms with Gasteiger partial charge >= 0.3 is 0 Å². The SMILES string of the molecule is COc1ccc(NC(=O)CCN2CCCN(c3nc4ccccc4[nH]3)CC2)c([N+](=O)[O-])c1. The third kappa shape index (κ3) is 4.97. The molecule has 1 amide bonds. The Hall–Kier alpha value is -3.66. The molecule has 2 aromatic carbocycles. The highest BCUT2D eigenvalue weighted by atomic mass is 16.6. The quantitative estimate of drug-likeness (QED) is 0.430. The van der Waals surface area contributed by atoms with Crippen molar-refractivity contribution in [2.45, 2.75) is 12.8 Å². The van der Waals surface area contributed by atoms with E-state index in [0.717, 1.165) is 49.6 Å². The molecule has 10 heteroatoms. The maximum atomic E-state index is 12.4. The summed E-state index contributed by atoms with van der Waals surface area (Å²) in [6.07, 6.45) is 1.22. The van der Waals surface area contributed by atoms with E-state index in [9.17, 15) is 14.9 Å². The van der Waals surface area contributed by atoms with E-state index in [0.29, 0.717) is 12.3 Å². The molecule has 0 unspecified atom stereocenters. The maximum absolute atomic E-state index is 12.4. The van der Waals surface area contributed by atoms with Gasteiger partial charge in [-0.2, -0.15) is 0 Å². The van der Waals surface area contributed by atoms with Crippen LogP contribution in [0.2, 0.25) is 0 Å². The van der Waals surface area contributed by atoms with Gasteiger partial charge in [-0.15, -0.1) is 0 Å². The molecule has 3 aromatic rings. The standard InChI is InChI=1S/C22H26N6O4/c1-32-16-7-8-19(20(15-16)28(30)31)23-21(29)9-12-26-10-4-11-27(14-13-26)22-24-17-5-2-3-6-18(17)25-22/h2-3,5-8,15H,4,9-14H2,1H3,(H,23,29)(H,24,25). The lowest BCUT2D eigenvalue weighted by Crippen LogP contribution is -2.33. The molecule has 4 rings (SSSR count). The Morgan fingerprint density at radius 2 is 2.06 bits per heavy atom. The Labute approximate surface area is 185 Å². The largest absolute Gasteiger partial charge is 0.496 e. The molecule has 1 aliphatic heterocycles. The molecule has 0 spiro atoms. The predicted octanol–water partition coefficient (Wildman–Crippen LogP) is 3.02. The molecule has 2 heterocycles. The average molecular weight is 438 g/mol. The number of rotatable bonds is 7. The fourth-order valence-electron chi connectivity index (χ4n) is 3.86. The first kappa shape index (κ1) is 21.6. The van der Waals surface area contributed by atoms with Gasteiger partial charge in [0.05, 0.1) is 29.1 Å². The molecule has 32 heavy (non-hydrogen) atoms. The molecule has 1 saturated heterocycles. The Morgan fingerprint density at radius 1 is 1.22 bits per heavy atom. The fraction of sp³-hybridized carbons (Fsp3) is 0.364. The number of nitrogens with zero attached hydrogens (tertiary/aromatic N) is 4. The number of ether oxygens (including phenoxy) is 1. The molecule has 0 radical (unpaired) electrons. The predicted molar refractivity (Wildman–Crippen MR) is 122 cm³/mol. The molecule has 0 saturated carbocycles. The second kappa shape index (κ2) is 9.65. The number of H-pyrrole nitrogens is 1. The molecule has 10 nitrogen and oxygen atoms in total. The molecule has 0 aliphatic carbocycles. The van der Waals surface area contributed by atoms with Crippen molar-refractivity contribution in [3.8, 4) is 5.75 Å². The molecule has 168 valence electrons. The van der Waals surface area contributed by atoms with E-state index in [1.165, 1.54) is 19.2 Å². The number of nitro benzene ring substituents is 1. The van der Waals surface area contributed by atoms with Crippen LogP contribution in [0, 0.1) is 10.1 Å². The summed E-state index contributed by atoms with van der Waals surface area (Å²) < 4.78 is 5.03. The van der Waals surface area contributed by atoms with Gasteiger partial charge in [0.25, 0.3) is 5.69 Å². The summed E-state index contributed by atoms with van der Waals surface area (Å²) in [6.45, 7) is 3.98. The van der Waals surface area contributed by atoms with E-state index in [-0.39, 0.29) is 23.7 Å². The number of aromatic amines is 1. The Balaban J connectivity index is 1.31. The molecule has 1 fully saturated rings. The van der Waals surface area contributed by atoms with Crippen molar-refractivity contribution < 1.29 is 14.5 Å². The zero-order valence-corrected chi connectivity index (χ0v) is 17.9. The highest BCUT2D eigenvalue weighted by Crippen LogP contribution is 2.29. The van der Waals surface area contributed by atoms with Crippen molar-refractivity contribution in [2.24, 2.45) is 0 Å². The fourth-order valence-corrected chi connectivity index (χ4v) is 3.86. The summed E-state index contributed by atoms with van der Waals surface area (Å²) in [4.78, 5) is 35.7. The van der Waals surface area contributed by atoms with Crippen LogP contribution in [0.15, 0.2) is 42.5 Å². The summed E-state index contributed by atoms with van der Waals surface area (Å²) in [5.41, 5.74) is 1.96. The first-order chi connectivity index (χ1) is 15.5. The van der Waals surface area contributed by atoms with E-state index in [1.807, 2.05) is 24.3 Å². The molecular weight excluding hydrogens is 412 g/mol. The number of imidazole rings is 1. The van der Waals surface area contributed by atoms with E-state index < -0.39 is 4.92 Å². The zero-order chi connectivity index (χ0) is 22.5. The highest BCUT2D eigenvalue weighted by molar-refractivity contribution is 5.93. The highest BCUT2D eigenvalue weighted by Gasteiger charge is 2.20. The number of nitrogens with one attached hydrogen (secondary N) is 2. The van der Waals surface area contributed by atoms with Crippen LogP contribution in [0.1, 0.15) is 12.8 Å². The second-order valence-corrected chi connectivity index (χ2v) is 7.70. The number of nitro groups is 1. The van der Waals surface area contributed by atoms with Gasteiger partial charge in [0, 0.05) is 32.6 Å². The lowest BCUT2D eigenvalue weighted by atomic mass is 10.2. The number of carbonyl (C=O) groups is 1. The molecule has 0 bridgehead atoms. The number of benzene rings is 2. The van der Waals surface area contributed by atoms with Crippen molar-refractivity contribution in [2.75, 3.05) is 50.1 Å². The normalized spacial score (nSPS) is 14.8. The van der Waals surface area contributed by atoms with Crippen molar-refractivity contribution in [3.63, 3.8) is 0 Å². The van der Waals surface area contributed by atoms with Gasteiger partial charge in [-0.05, 0) is 37.2 Å². The number of carbonyl (C=O) groups excluding carboxylic acids is 1. The zero-order valence-electron chi connectivity index (χ0n) is 17.9. The Kier molecular flexibility index (Phi) is 6.50. The second-order valence-electron chi connectivity index (χ2n) is 7.70. The lowest BCUT2D eigenvalue weighted by molar-refractivity contribution is -0.384. The van der Waals surface area contributed by atoms with Crippen LogP contribution in [-0.2, 0) is 4.79 Å². The smallest absolute Gasteiger partial charge is 0.296 e. The van der Waals surface area contributed by atoms with Crippen LogP contribution >= 0.6 is 0 Å². The summed E-state index contributed by atoms with van der Waals surface area (Å²) in [5, 5.41) is 14.0. The number of hydrogen-bond donors (Lipinski definition) is 2. The number of fused-ring (bicyclic) bond motifs is 1. The maximum Gasteiger partial charge on any atom is 0.296 e. The number of amides is 1. The molecule has 1 aromatic heterocycles. The molecule has 0 atom stereocenters. The topological polar surface area (TPSA) is 117 Å². The van der Waals surface area contributed by atoms with E-state index >= 15 is 0 Å². The van der Waals surface area contributed by atoms with Crippen molar-refractivity contribution >= 4 is 34.3 Å².